The Hall–Kier alpha value is -2.47. The highest BCUT2D eigenvalue weighted by Crippen LogP contribution is 2.25. The van der Waals surface area contributed by atoms with Crippen LogP contribution in [-0.4, -0.2) is 61.0 Å². The number of nitrogens with zero attached hydrogens (tertiary/aromatic N) is 4. The fourth-order valence-corrected chi connectivity index (χ4v) is 3.29. The molecular weight excluding hydrogens is 338 g/mol. The largest absolute Gasteiger partial charge is 0.356 e. The minimum Gasteiger partial charge on any atom is -0.356 e. The van der Waals surface area contributed by atoms with E-state index in [0.717, 1.165) is 43.9 Å². The van der Waals surface area contributed by atoms with Crippen molar-refractivity contribution in [1.29, 1.82) is 0 Å². The summed E-state index contributed by atoms with van der Waals surface area (Å²) in [4.78, 5) is 26.3. The number of aromatic nitrogens is 2. The topological polar surface area (TPSA) is 61.4 Å². The summed E-state index contributed by atoms with van der Waals surface area (Å²) < 4.78 is 0. The molecule has 2 heterocycles. The predicted octanol–water partition coefficient (Wildman–Crippen LogP) is 2.73. The summed E-state index contributed by atoms with van der Waals surface area (Å²) in [5.74, 6) is 1.32. The number of benzene rings is 1. The standard InChI is InChI=1S/C21H29N5O/c1-16-8-7-9-17(14-16)19-23-15-18(21(27)22-10-13-25(2)3)20(24-19)26-11-5-4-6-12-26/h7-9,14-15H,4-6,10-13H2,1-3H3,(H,22,27). The van der Waals surface area contributed by atoms with E-state index in [0.29, 0.717) is 17.9 Å². The van der Waals surface area contributed by atoms with Crippen molar-refractivity contribution in [2.75, 3.05) is 45.2 Å². The monoisotopic (exact) mass is 367 g/mol. The van der Waals surface area contributed by atoms with Crippen molar-refractivity contribution in [1.82, 2.24) is 20.2 Å². The number of anilines is 1. The Morgan fingerprint density at radius 1 is 1.22 bits per heavy atom. The summed E-state index contributed by atoms with van der Waals surface area (Å²) in [6, 6.07) is 8.16. The lowest BCUT2D eigenvalue weighted by Gasteiger charge is -2.29. The van der Waals surface area contributed by atoms with E-state index < -0.39 is 0 Å². The van der Waals surface area contributed by atoms with Gasteiger partial charge in [0.05, 0.1) is 0 Å². The number of rotatable bonds is 6. The number of carbonyl (C=O) groups is 1. The van der Waals surface area contributed by atoms with Crippen LogP contribution in [0.2, 0.25) is 0 Å². The number of likely N-dealkylation sites (N-methyl/N-ethyl adjacent to an activating group) is 1. The van der Waals surface area contributed by atoms with E-state index in [-0.39, 0.29) is 5.91 Å². The van der Waals surface area contributed by atoms with Gasteiger partial charge in [0.2, 0.25) is 0 Å². The Morgan fingerprint density at radius 3 is 2.70 bits per heavy atom. The van der Waals surface area contributed by atoms with E-state index in [1.54, 1.807) is 6.20 Å². The lowest BCUT2D eigenvalue weighted by molar-refractivity contribution is 0.0951. The van der Waals surface area contributed by atoms with E-state index in [2.05, 4.69) is 34.3 Å². The quantitative estimate of drug-likeness (QED) is 0.851. The van der Waals surface area contributed by atoms with Crippen LogP contribution in [0.3, 0.4) is 0 Å². The summed E-state index contributed by atoms with van der Waals surface area (Å²) >= 11 is 0. The van der Waals surface area contributed by atoms with Gasteiger partial charge in [-0.1, -0.05) is 23.8 Å². The van der Waals surface area contributed by atoms with Gasteiger partial charge in [0.1, 0.15) is 11.4 Å². The second kappa shape index (κ2) is 8.95. The highest BCUT2D eigenvalue weighted by Gasteiger charge is 2.21. The molecule has 1 amide bonds. The summed E-state index contributed by atoms with van der Waals surface area (Å²) in [6.07, 6.45) is 5.17. The van der Waals surface area contributed by atoms with E-state index in [1.807, 2.05) is 31.1 Å². The fraction of sp³-hybridized carbons (Fsp3) is 0.476. The van der Waals surface area contributed by atoms with Crippen molar-refractivity contribution < 1.29 is 4.79 Å². The van der Waals surface area contributed by atoms with Crippen LogP contribution in [0, 0.1) is 6.92 Å². The normalized spacial score (nSPS) is 14.4. The van der Waals surface area contributed by atoms with Gasteiger partial charge in [-0.2, -0.15) is 0 Å². The van der Waals surface area contributed by atoms with Gasteiger partial charge in [-0.15, -0.1) is 0 Å². The zero-order chi connectivity index (χ0) is 19.2. The van der Waals surface area contributed by atoms with E-state index in [9.17, 15) is 4.79 Å². The number of aryl methyl sites for hydroxylation is 1. The molecule has 1 aromatic heterocycles. The maximum atomic E-state index is 12.8. The fourth-order valence-electron chi connectivity index (χ4n) is 3.29. The Bertz CT molecular complexity index is 784. The lowest BCUT2D eigenvalue weighted by atomic mass is 10.1. The number of carbonyl (C=O) groups excluding carboxylic acids is 1. The molecule has 144 valence electrons. The van der Waals surface area contributed by atoms with Crippen LogP contribution in [-0.2, 0) is 0 Å². The second-order valence-electron chi connectivity index (χ2n) is 7.41. The first-order chi connectivity index (χ1) is 13.0. The van der Waals surface area contributed by atoms with Crippen molar-refractivity contribution in [3.63, 3.8) is 0 Å². The van der Waals surface area contributed by atoms with Gasteiger partial charge in [0.15, 0.2) is 5.82 Å². The molecule has 6 heteroatoms. The molecule has 1 aromatic carbocycles. The Labute approximate surface area is 161 Å². The SMILES string of the molecule is Cc1cccc(-c2ncc(C(=O)NCCN(C)C)c(N3CCCCC3)n2)c1. The van der Waals surface area contributed by atoms with Crippen molar-refractivity contribution in [3.05, 3.63) is 41.6 Å². The zero-order valence-corrected chi connectivity index (χ0v) is 16.5. The van der Waals surface area contributed by atoms with Crippen molar-refractivity contribution in [2.24, 2.45) is 0 Å². The molecular formula is C21H29N5O. The van der Waals surface area contributed by atoms with E-state index in [1.165, 1.54) is 12.0 Å². The van der Waals surface area contributed by atoms with Gasteiger partial charge in [0.25, 0.3) is 5.91 Å². The summed E-state index contributed by atoms with van der Waals surface area (Å²) in [5.41, 5.74) is 2.71. The van der Waals surface area contributed by atoms with Gasteiger partial charge in [0, 0.05) is 37.9 Å². The number of hydrogen-bond donors (Lipinski definition) is 1. The van der Waals surface area contributed by atoms with Crippen molar-refractivity contribution in [2.45, 2.75) is 26.2 Å². The summed E-state index contributed by atoms with van der Waals surface area (Å²) in [5, 5.41) is 2.99. The molecule has 0 bridgehead atoms. The lowest BCUT2D eigenvalue weighted by Crippen LogP contribution is -2.35. The van der Waals surface area contributed by atoms with Crippen molar-refractivity contribution >= 4 is 11.7 Å². The highest BCUT2D eigenvalue weighted by atomic mass is 16.1. The Morgan fingerprint density at radius 2 is 2.00 bits per heavy atom. The average Bonchev–Trinajstić information content (AvgIpc) is 2.68. The molecule has 6 nitrogen and oxygen atoms in total. The summed E-state index contributed by atoms with van der Waals surface area (Å²) in [6.45, 7) is 5.32. The first-order valence-corrected chi connectivity index (χ1v) is 9.66. The molecule has 3 rings (SSSR count). The molecule has 1 fully saturated rings. The van der Waals surface area contributed by atoms with Crippen LogP contribution in [0.5, 0.6) is 0 Å². The molecule has 27 heavy (non-hydrogen) atoms. The van der Waals surface area contributed by atoms with E-state index >= 15 is 0 Å². The van der Waals surface area contributed by atoms with Gasteiger partial charge < -0.3 is 15.1 Å². The number of nitrogens with one attached hydrogen (secondary N) is 1. The predicted molar refractivity (Wildman–Crippen MR) is 109 cm³/mol. The maximum Gasteiger partial charge on any atom is 0.256 e. The van der Waals surface area contributed by atoms with Crippen molar-refractivity contribution in [3.8, 4) is 11.4 Å². The molecule has 0 unspecified atom stereocenters. The summed E-state index contributed by atoms with van der Waals surface area (Å²) in [7, 11) is 3.98. The third-order valence-corrected chi connectivity index (χ3v) is 4.79. The zero-order valence-electron chi connectivity index (χ0n) is 16.5. The van der Waals surface area contributed by atoms with E-state index in [4.69, 9.17) is 4.98 Å². The maximum absolute atomic E-state index is 12.8. The van der Waals surface area contributed by atoms with Crippen LogP contribution in [0.4, 0.5) is 5.82 Å². The van der Waals surface area contributed by atoms with Crippen LogP contribution in [0.15, 0.2) is 30.5 Å². The van der Waals surface area contributed by atoms with Crippen LogP contribution in [0.25, 0.3) is 11.4 Å². The molecule has 2 aromatic rings. The third-order valence-electron chi connectivity index (χ3n) is 4.79. The molecule has 1 aliphatic rings. The molecule has 1 N–H and O–H groups in total. The third kappa shape index (κ3) is 5.04. The Balaban J connectivity index is 1.90. The molecule has 0 aliphatic carbocycles. The smallest absolute Gasteiger partial charge is 0.256 e. The number of piperidine rings is 1. The van der Waals surface area contributed by atoms with Crippen LogP contribution < -0.4 is 10.2 Å². The minimum absolute atomic E-state index is 0.104. The molecule has 0 spiro atoms. The molecule has 0 atom stereocenters. The van der Waals surface area contributed by atoms with Crippen LogP contribution >= 0.6 is 0 Å². The first-order valence-electron chi connectivity index (χ1n) is 9.66. The number of amides is 1. The van der Waals surface area contributed by atoms with Crippen LogP contribution in [0.1, 0.15) is 35.2 Å². The molecule has 0 saturated carbocycles. The first kappa shape index (κ1) is 19.3. The van der Waals surface area contributed by atoms with Gasteiger partial charge in [-0.05, 0) is 46.3 Å². The molecule has 1 saturated heterocycles. The minimum atomic E-state index is -0.104. The second-order valence-corrected chi connectivity index (χ2v) is 7.41. The Kier molecular flexibility index (Phi) is 6.40. The average molecular weight is 367 g/mol. The number of hydrogen-bond acceptors (Lipinski definition) is 5. The molecule has 1 aliphatic heterocycles. The molecule has 0 radical (unpaired) electrons. The van der Waals surface area contributed by atoms with Gasteiger partial charge >= 0.3 is 0 Å². The highest BCUT2D eigenvalue weighted by molar-refractivity contribution is 5.99. The van der Waals surface area contributed by atoms with Gasteiger partial charge in [-0.3, -0.25) is 4.79 Å². The van der Waals surface area contributed by atoms with Gasteiger partial charge in [-0.25, -0.2) is 9.97 Å².